The van der Waals surface area contributed by atoms with E-state index in [2.05, 4.69) is 37.4 Å². The molecule has 0 radical (unpaired) electrons. The molecule has 1 aliphatic carbocycles. The number of aryl methyl sites for hydroxylation is 1. The van der Waals surface area contributed by atoms with E-state index in [0.717, 1.165) is 31.5 Å². The molecule has 3 rings (SSSR count). The molecule has 6 heteroatoms. The van der Waals surface area contributed by atoms with Gasteiger partial charge in [0.25, 0.3) is 0 Å². The summed E-state index contributed by atoms with van der Waals surface area (Å²) < 4.78 is 0. The highest BCUT2D eigenvalue weighted by Crippen LogP contribution is 2.28. The highest BCUT2D eigenvalue weighted by Gasteiger charge is 2.22. The molecule has 0 amide bonds. The van der Waals surface area contributed by atoms with Crippen molar-refractivity contribution in [1.82, 2.24) is 30.5 Å². The minimum Gasteiger partial charge on any atom is -0.310 e. The van der Waals surface area contributed by atoms with Gasteiger partial charge in [0.15, 0.2) is 11.6 Å². The molecule has 6 nitrogen and oxygen atoms in total. The molecule has 100 valence electrons. The number of aromatic nitrogens is 5. The molecule has 2 aromatic rings. The Morgan fingerprint density at radius 1 is 1.42 bits per heavy atom. The standard InChI is InChI=1S/C13H18N6/c1-2-6-14-10-4-3-5-11-9(10)7-15-12(18-11)13-16-8-17-19-13/h7-8,10,14H,2-6H2,1H3,(H,16,17,19). The van der Waals surface area contributed by atoms with Gasteiger partial charge < -0.3 is 5.32 Å². The third-order valence-corrected chi connectivity index (χ3v) is 3.45. The SMILES string of the molecule is CCCNC1CCCc2nc(-c3ncn[nH]3)ncc21. The number of hydrogen-bond donors (Lipinski definition) is 2. The molecule has 0 fully saturated rings. The van der Waals surface area contributed by atoms with Crippen LogP contribution in [0, 0.1) is 0 Å². The lowest BCUT2D eigenvalue weighted by atomic mass is 9.92. The van der Waals surface area contributed by atoms with E-state index in [4.69, 9.17) is 0 Å². The fraction of sp³-hybridized carbons (Fsp3) is 0.538. The van der Waals surface area contributed by atoms with Crippen molar-refractivity contribution in [3.63, 3.8) is 0 Å². The lowest BCUT2D eigenvalue weighted by Crippen LogP contribution is -2.26. The van der Waals surface area contributed by atoms with Gasteiger partial charge in [0.1, 0.15) is 6.33 Å². The number of hydrogen-bond acceptors (Lipinski definition) is 5. The first-order chi connectivity index (χ1) is 9.38. The molecule has 2 N–H and O–H groups in total. The van der Waals surface area contributed by atoms with Gasteiger partial charge in [0.2, 0.25) is 0 Å². The van der Waals surface area contributed by atoms with Crippen LogP contribution in [0.25, 0.3) is 11.6 Å². The largest absolute Gasteiger partial charge is 0.310 e. The van der Waals surface area contributed by atoms with E-state index in [-0.39, 0.29) is 0 Å². The van der Waals surface area contributed by atoms with Gasteiger partial charge in [-0.2, -0.15) is 5.10 Å². The molecule has 0 bridgehead atoms. The fourth-order valence-electron chi connectivity index (χ4n) is 2.50. The Morgan fingerprint density at radius 3 is 3.16 bits per heavy atom. The summed E-state index contributed by atoms with van der Waals surface area (Å²) >= 11 is 0. The van der Waals surface area contributed by atoms with Crippen molar-refractivity contribution >= 4 is 0 Å². The van der Waals surface area contributed by atoms with Gasteiger partial charge in [-0.1, -0.05) is 6.92 Å². The number of rotatable bonds is 4. The second-order valence-electron chi connectivity index (χ2n) is 4.83. The summed E-state index contributed by atoms with van der Waals surface area (Å²) in [4.78, 5) is 13.1. The summed E-state index contributed by atoms with van der Waals surface area (Å²) in [6.45, 7) is 3.22. The summed E-state index contributed by atoms with van der Waals surface area (Å²) in [6, 6.07) is 0.396. The Morgan fingerprint density at radius 2 is 2.37 bits per heavy atom. The van der Waals surface area contributed by atoms with Crippen LogP contribution in [0.1, 0.15) is 43.5 Å². The van der Waals surface area contributed by atoms with Crippen LogP contribution in [0.4, 0.5) is 0 Å². The topological polar surface area (TPSA) is 79.4 Å². The first kappa shape index (κ1) is 12.2. The first-order valence-corrected chi connectivity index (χ1v) is 6.83. The quantitative estimate of drug-likeness (QED) is 0.871. The maximum atomic E-state index is 4.63. The van der Waals surface area contributed by atoms with Crippen LogP contribution >= 0.6 is 0 Å². The van der Waals surface area contributed by atoms with Crippen molar-refractivity contribution in [2.24, 2.45) is 0 Å². The van der Waals surface area contributed by atoms with Crippen LogP contribution in [0.15, 0.2) is 12.5 Å². The molecule has 0 saturated carbocycles. The van der Waals surface area contributed by atoms with E-state index >= 15 is 0 Å². The summed E-state index contributed by atoms with van der Waals surface area (Å²) in [5.74, 6) is 1.26. The van der Waals surface area contributed by atoms with E-state index in [9.17, 15) is 0 Å². The predicted molar refractivity (Wildman–Crippen MR) is 71.4 cm³/mol. The smallest absolute Gasteiger partial charge is 0.197 e. The third-order valence-electron chi connectivity index (χ3n) is 3.45. The maximum Gasteiger partial charge on any atom is 0.197 e. The zero-order valence-electron chi connectivity index (χ0n) is 11.1. The molecule has 2 aromatic heterocycles. The number of fused-ring (bicyclic) bond motifs is 1. The molecule has 2 heterocycles. The Bertz CT molecular complexity index is 536. The minimum absolute atomic E-state index is 0.396. The lowest BCUT2D eigenvalue weighted by Gasteiger charge is -2.25. The Kier molecular flexibility index (Phi) is 3.50. The van der Waals surface area contributed by atoms with Crippen molar-refractivity contribution in [3.8, 4) is 11.6 Å². The molecule has 0 spiro atoms. The van der Waals surface area contributed by atoms with Gasteiger partial charge in [-0.05, 0) is 32.2 Å². The molecule has 1 aliphatic rings. The second kappa shape index (κ2) is 5.44. The number of nitrogens with one attached hydrogen (secondary N) is 2. The van der Waals surface area contributed by atoms with Crippen molar-refractivity contribution in [3.05, 3.63) is 23.8 Å². The molecular weight excluding hydrogens is 240 g/mol. The van der Waals surface area contributed by atoms with Crippen LogP contribution in [-0.2, 0) is 6.42 Å². The van der Waals surface area contributed by atoms with Crippen molar-refractivity contribution in [2.75, 3.05) is 6.54 Å². The predicted octanol–water partition coefficient (Wildman–Crippen LogP) is 1.64. The van der Waals surface area contributed by atoms with Crippen molar-refractivity contribution in [2.45, 2.75) is 38.6 Å². The van der Waals surface area contributed by atoms with E-state index in [1.807, 2.05) is 6.20 Å². The van der Waals surface area contributed by atoms with Crippen LogP contribution in [0.3, 0.4) is 0 Å². The van der Waals surface area contributed by atoms with Crippen LogP contribution in [-0.4, -0.2) is 31.7 Å². The molecule has 0 aliphatic heterocycles. The van der Waals surface area contributed by atoms with Gasteiger partial charge in [-0.3, -0.25) is 5.10 Å². The second-order valence-corrected chi connectivity index (χ2v) is 4.83. The average molecular weight is 258 g/mol. The summed E-state index contributed by atoms with van der Waals surface area (Å²) in [7, 11) is 0. The number of nitrogens with zero attached hydrogens (tertiary/aromatic N) is 4. The first-order valence-electron chi connectivity index (χ1n) is 6.83. The number of aromatic amines is 1. The van der Waals surface area contributed by atoms with Crippen LogP contribution in [0.2, 0.25) is 0 Å². The molecule has 19 heavy (non-hydrogen) atoms. The van der Waals surface area contributed by atoms with Gasteiger partial charge in [0, 0.05) is 23.5 Å². The van der Waals surface area contributed by atoms with Gasteiger partial charge in [0.05, 0.1) is 0 Å². The Balaban J connectivity index is 1.88. The third kappa shape index (κ3) is 2.49. The highest BCUT2D eigenvalue weighted by atomic mass is 15.2. The molecule has 0 saturated heterocycles. The van der Waals surface area contributed by atoms with E-state index in [1.54, 1.807) is 0 Å². The molecule has 0 aromatic carbocycles. The minimum atomic E-state index is 0.396. The van der Waals surface area contributed by atoms with Gasteiger partial charge >= 0.3 is 0 Å². The van der Waals surface area contributed by atoms with E-state index in [0.29, 0.717) is 17.7 Å². The Labute approximate surface area is 112 Å². The number of H-pyrrole nitrogens is 1. The molecular formula is C13H18N6. The monoisotopic (exact) mass is 258 g/mol. The average Bonchev–Trinajstić information content (AvgIpc) is 2.98. The molecule has 1 unspecified atom stereocenters. The van der Waals surface area contributed by atoms with Crippen molar-refractivity contribution in [1.29, 1.82) is 0 Å². The Hall–Kier alpha value is -1.82. The zero-order chi connectivity index (χ0) is 13.1. The van der Waals surface area contributed by atoms with E-state index in [1.165, 1.54) is 18.3 Å². The normalized spacial score (nSPS) is 18.3. The van der Waals surface area contributed by atoms with E-state index < -0.39 is 0 Å². The summed E-state index contributed by atoms with van der Waals surface area (Å²) in [5.41, 5.74) is 2.38. The lowest BCUT2D eigenvalue weighted by molar-refractivity contribution is 0.453. The van der Waals surface area contributed by atoms with Crippen LogP contribution < -0.4 is 5.32 Å². The van der Waals surface area contributed by atoms with Crippen LogP contribution in [0.5, 0.6) is 0 Å². The van der Waals surface area contributed by atoms with Gasteiger partial charge in [-0.25, -0.2) is 15.0 Å². The fourth-order valence-corrected chi connectivity index (χ4v) is 2.50. The zero-order valence-corrected chi connectivity index (χ0v) is 11.1. The van der Waals surface area contributed by atoms with Gasteiger partial charge in [-0.15, -0.1) is 0 Å². The summed E-state index contributed by atoms with van der Waals surface area (Å²) in [5, 5.41) is 10.2. The highest BCUT2D eigenvalue weighted by molar-refractivity contribution is 5.43. The maximum absolute atomic E-state index is 4.63. The molecule has 1 atom stereocenters. The van der Waals surface area contributed by atoms with Crippen molar-refractivity contribution < 1.29 is 0 Å². The summed E-state index contributed by atoms with van der Waals surface area (Å²) in [6.07, 6.45) is 7.90.